The van der Waals surface area contributed by atoms with Crippen LogP contribution >= 0.6 is 0 Å². The fourth-order valence-corrected chi connectivity index (χ4v) is 0.841. The lowest BCUT2D eigenvalue weighted by Crippen LogP contribution is -2.34. The number of amides is 2. The summed E-state index contributed by atoms with van der Waals surface area (Å²) in [7, 11) is 0. The molecule has 0 aromatic rings. The summed E-state index contributed by atoms with van der Waals surface area (Å²) < 4.78 is 0. The summed E-state index contributed by atoms with van der Waals surface area (Å²) in [6.07, 6.45) is 2.57. The number of rotatable bonds is 8. The molecule has 0 saturated carbocycles. The monoisotopic (exact) mass is 199 g/mol. The van der Waals surface area contributed by atoms with Gasteiger partial charge in [0.1, 0.15) is 0 Å². The molecule has 0 rings (SSSR count). The maximum absolute atomic E-state index is 11.0. The van der Waals surface area contributed by atoms with E-state index in [1.807, 2.05) is 0 Å². The molecule has 0 spiro atoms. The molecule has 0 aliphatic rings. The Hall–Kier alpha value is -1.36. The highest BCUT2D eigenvalue weighted by Gasteiger charge is 1.99. The molecule has 0 saturated heterocycles. The van der Waals surface area contributed by atoms with Crippen LogP contribution in [0, 0.1) is 0 Å². The Morgan fingerprint density at radius 1 is 1.43 bits per heavy atom. The number of nitrogens with one attached hydrogen (secondary N) is 2. The molecular weight excluding hydrogens is 182 g/mol. The first kappa shape index (κ1) is 12.6. The number of carbonyl (C=O) groups is 2. The number of hydrogen-bond acceptors (Lipinski definition) is 3. The topological polar surface area (TPSA) is 84.2 Å². The average Bonchev–Trinajstić information content (AvgIpc) is 2.13. The minimum Gasteiger partial charge on any atom is -0.370 e. The molecule has 0 bridgehead atoms. The van der Waals surface area contributed by atoms with Gasteiger partial charge in [-0.1, -0.05) is 6.08 Å². The van der Waals surface area contributed by atoms with Gasteiger partial charge in [-0.3, -0.25) is 9.59 Å². The van der Waals surface area contributed by atoms with Gasteiger partial charge in [-0.15, -0.1) is 6.58 Å². The van der Waals surface area contributed by atoms with E-state index >= 15 is 0 Å². The maximum atomic E-state index is 11.0. The Kier molecular flexibility index (Phi) is 7.45. The predicted octanol–water partition coefficient (Wildman–Crippen LogP) is -0.856. The zero-order chi connectivity index (χ0) is 10.8. The lowest BCUT2D eigenvalue weighted by molar-refractivity contribution is -0.121. The fourth-order valence-electron chi connectivity index (χ4n) is 0.841. The van der Waals surface area contributed by atoms with Crippen LogP contribution in [0.5, 0.6) is 0 Å². The molecule has 0 heterocycles. The summed E-state index contributed by atoms with van der Waals surface area (Å²) in [5.41, 5.74) is 4.93. The van der Waals surface area contributed by atoms with Crippen LogP contribution in [0.2, 0.25) is 0 Å². The van der Waals surface area contributed by atoms with Crippen molar-refractivity contribution < 1.29 is 9.59 Å². The molecule has 0 fully saturated rings. The van der Waals surface area contributed by atoms with E-state index in [0.717, 1.165) is 0 Å². The summed E-state index contributed by atoms with van der Waals surface area (Å²) >= 11 is 0. The van der Waals surface area contributed by atoms with Gasteiger partial charge in [0, 0.05) is 19.5 Å². The molecule has 0 aromatic heterocycles. The lowest BCUT2D eigenvalue weighted by atomic mass is 10.3. The normalized spacial score (nSPS) is 9.43. The van der Waals surface area contributed by atoms with Crippen LogP contribution in [-0.4, -0.2) is 31.4 Å². The van der Waals surface area contributed by atoms with Crippen LogP contribution in [-0.2, 0) is 9.59 Å². The predicted molar refractivity (Wildman–Crippen MR) is 54.5 cm³/mol. The van der Waals surface area contributed by atoms with Gasteiger partial charge < -0.3 is 16.4 Å². The minimum absolute atomic E-state index is 0.0867. The average molecular weight is 199 g/mol. The number of hydrogen-bond donors (Lipinski definition) is 3. The highest BCUT2D eigenvalue weighted by Crippen LogP contribution is 1.83. The first-order valence-electron chi connectivity index (χ1n) is 4.53. The van der Waals surface area contributed by atoms with Gasteiger partial charge in [-0.2, -0.15) is 0 Å². The van der Waals surface area contributed by atoms with E-state index in [1.54, 1.807) is 6.08 Å². The van der Waals surface area contributed by atoms with Gasteiger partial charge in [0.15, 0.2) is 0 Å². The van der Waals surface area contributed by atoms with E-state index in [2.05, 4.69) is 17.2 Å². The molecule has 80 valence electrons. The molecule has 0 aliphatic carbocycles. The van der Waals surface area contributed by atoms with Crippen molar-refractivity contribution in [3.05, 3.63) is 12.7 Å². The number of primary amides is 1. The van der Waals surface area contributed by atoms with Crippen molar-refractivity contribution in [2.45, 2.75) is 12.8 Å². The first-order chi connectivity index (χ1) is 6.66. The van der Waals surface area contributed by atoms with Gasteiger partial charge in [0.2, 0.25) is 11.8 Å². The van der Waals surface area contributed by atoms with Crippen molar-refractivity contribution in [3.63, 3.8) is 0 Å². The molecule has 14 heavy (non-hydrogen) atoms. The Morgan fingerprint density at radius 3 is 2.71 bits per heavy atom. The third-order valence-electron chi connectivity index (χ3n) is 1.50. The molecule has 0 aromatic carbocycles. The highest BCUT2D eigenvalue weighted by atomic mass is 16.2. The Morgan fingerprint density at radius 2 is 2.14 bits per heavy atom. The van der Waals surface area contributed by atoms with Crippen molar-refractivity contribution in [1.82, 2.24) is 10.6 Å². The summed E-state index contributed by atoms with van der Waals surface area (Å²) in [5, 5.41) is 5.52. The summed E-state index contributed by atoms with van der Waals surface area (Å²) in [5.74, 6) is -0.430. The molecule has 0 radical (unpaired) electrons. The van der Waals surface area contributed by atoms with E-state index in [0.29, 0.717) is 25.9 Å². The molecule has 5 heteroatoms. The third-order valence-corrected chi connectivity index (χ3v) is 1.50. The van der Waals surface area contributed by atoms with E-state index in [9.17, 15) is 9.59 Å². The van der Waals surface area contributed by atoms with Crippen LogP contribution in [0.4, 0.5) is 0 Å². The Labute approximate surface area is 83.7 Å². The zero-order valence-corrected chi connectivity index (χ0v) is 8.21. The lowest BCUT2D eigenvalue weighted by Gasteiger charge is -2.04. The summed E-state index contributed by atoms with van der Waals surface area (Å²) in [6, 6.07) is 0. The maximum Gasteiger partial charge on any atom is 0.233 e. The molecule has 5 nitrogen and oxygen atoms in total. The summed E-state index contributed by atoms with van der Waals surface area (Å²) in [4.78, 5) is 21.4. The largest absolute Gasteiger partial charge is 0.370 e. The second kappa shape index (κ2) is 8.25. The molecular formula is C9H17N3O2. The zero-order valence-electron chi connectivity index (χ0n) is 8.21. The van der Waals surface area contributed by atoms with Crippen LogP contribution in [0.25, 0.3) is 0 Å². The quantitative estimate of drug-likeness (QED) is 0.351. The van der Waals surface area contributed by atoms with Crippen molar-refractivity contribution in [2.24, 2.45) is 5.73 Å². The first-order valence-corrected chi connectivity index (χ1v) is 4.53. The Balaban J connectivity index is 3.26. The molecule has 4 N–H and O–H groups in total. The molecule has 2 amide bonds. The van der Waals surface area contributed by atoms with Gasteiger partial charge in [0.25, 0.3) is 0 Å². The van der Waals surface area contributed by atoms with Gasteiger partial charge in [0.05, 0.1) is 6.54 Å². The van der Waals surface area contributed by atoms with Crippen molar-refractivity contribution in [1.29, 1.82) is 0 Å². The standard InChI is InChI=1S/C9H17N3O2/c1-2-5-11-7-9(14)12-6-3-4-8(10)13/h2,11H,1,3-7H2,(H2,10,13)(H,12,14). The third kappa shape index (κ3) is 8.73. The second-order valence-corrected chi connectivity index (χ2v) is 2.84. The van der Waals surface area contributed by atoms with Gasteiger partial charge in [-0.25, -0.2) is 0 Å². The van der Waals surface area contributed by atoms with E-state index in [1.165, 1.54) is 0 Å². The molecule has 0 aliphatic heterocycles. The minimum atomic E-state index is -0.343. The van der Waals surface area contributed by atoms with Crippen molar-refractivity contribution in [2.75, 3.05) is 19.6 Å². The van der Waals surface area contributed by atoms with Crippen LogP contribution in [0.3, 0.4) is 0 Å². The number of nitrogens with two attached hydrogens (primary N) is 1. The number of carbonyl (C=O) groups excluding carboxylic acids is 2. The molecule has 0 unspecified atom stereocenters. The van der Waals surface area contributed by atoms with Crippen LogP contribution in [0.1, 0.15) is 12.8 Å². The molecule has 0 atom stereocenters. The van der Waals surface area contributed by atoms with Crippen LogP contribution < -0.4 is 16.4 Å². The van der Waals surface area contributed by atoms with Crippen molar-refractivity contribution >= 4 is 11.8 Å². The van der Waals surface area contributed by atoms with Crippen molar-refractivity contribution in [3.8, 4) is 0 Å². The highest BCUT2D eigenvalue weighted by molar-refractivity contribution is 5.78. The SMILES string of the molecule is C=CCNCC(=O)NCCCC(N)=O. The van der Waals surface area contributed by atoms with E-state index < -0.39 is 0 Å². The van der Waals surface area contributed by atoms with E-state index in [4.69, 9.17) is 5.73 Å². The van der Waals surface area contributed by atoms with Gasteiger partial charge >= 0.3 is 0 Å². The fraction of sp³-hybridized carbons (Fsp3) is 0.556. The summed E-state index contributed by atoms with van der Waals surface area (Å²) in [6.45, 7) is 4.86. The van der Waals surface area contributed by atoms with Gasteiger partial charge in [-0.05, 0) is 6.42 Å². The van der Waals surface area contributed by atoms with E-state index in [-0.39, 0.29) is 18.4 Å². The second-order valence-electron chi connectivity index (χ2n) is 2.84. The van der Waals surface area contributed by atoms with Crippen LogP contribution in [0.15, 0.2) is 12.7 Å². The Bertz CT molecular complexity index is 204. The smallest absolute Gasteiger partial charge is 0.233 e.